The van der Waals surface area contributed by atoms with Gasteiger partial charge in [0.05, 0.1) is 27.7 Å². The molecule has 1 aromatic carbocycles. The summed E-state index contributed by atoms with van der Waals surface area (Å²) >= 11 is 10.8. The van der Waals surface area contributed by atoms with Crippen LogP contribution in [0.4, 0.5) is 0 Å². The molecule has 0 N–H and O–H groups in total. The number of sulfone groups is 1. The molecule has 0 unspecified atom stereocenters. The van der Waals surface area contributed by atoms with Crippen molar-refractivity contribution in [1.29, 1.82) is 0 Å². The third-order valence-electron chi connectivity index (χ3n) is 4.82. The molecular weight excluding hydrogens is 498 g/mol. The number of aryl methyl sites for hydroxylation is 1. The van der Waals surface area contributed by atoms with Gasteiger partial charge in [-0.2, -0.15) is 0 Å². The number of nitrogens with zero attached hydrogens (tertiary/aromatic N) is 3. The van der Waals surface area contributed by atoms with Gasteiger partial charge in [-0.25, -0.2) is 13.4 Å². The number of aromatic nitrogens is 2. The number of benzene rings is 1. The van der Waals surface area contributed by atoms with Crippen molar-refractivity contribution in [3.05, 3.63) is 62.8 Å². The number of hydrogen-bond donors (Lipinski definition) is 0. The predicted octanol–water partition coefficient (Wildman–Crippen LogP) is 4.18. The first kappa shape index (κ1) is 20.6. The standard InChI is InChI=1S/C19H17BrClN3O3S2/c1-23-9-15(22-11-23)16-4-5-17(28-16)18-10-24(6-7-29(18,26)27)19(25)12-2-3-13(20)14(21)8-12/h2-5,8-9,11,18H,6-7,10H2,1H3/t18-/m0/s1. The van der Waals surface area contributed by atoms with E-state index in [0.29, 0.717) is 15.1 Å². The van der Waals surface area contributed by atoms with Crippen LogP contribution in [0.2, 0.25) is 5.02 Å². The summed E-state index contributed by atoms with van der Waals surface area (Å²) in [6.07, 6.45) is 3.59. The fourth-order valence-electron chi connectivity index (χ4n) is 3.25. The lowest BCUT2D eigenvalue weighted by molar-refractivity contribution is 0.0758. The van der Waals surface area contributed by atoms with Gasteiger partial charge < -0.3 is 9.47 Å². The molecule has 4 rings (SSSR count). The van der Waals surface area contributed by atoms with E-state index >= 15 is 0 Å². The molecule has 0 bridgehead atoms. The van der Waals surface area contributed by atoms with Crippen molar-refractivity contribution in [2.45, 2.75) is 5.25 Å². The Morgan fingerprint density at radius 2 is 2.10 bits per heavy atom. The van der Waals surface area contributed by atoms with E-state index in [2.05, 4.69) is 20.9 Å². The number of hydrogen-bond acceptors (Lipinski definition) is 5. The highest BCUT2D eigenvalue weighted by atomic mass is 79.9. The van der Waals surface area contributed by atoms with Gasteiger partial charge in [-0.05, 0) is 46.3 Å². The average Bonchev–Trinajstić information content (AvgIpc) is 3.32. The minimum absolute atomic E-state index is 0.0650. The summed E-state index contributed by atoms with van der Waals surface area (Å²) in [6, 6.07) is 8.69. The fraction of sp³-hybridized carbons (Fsp3) is 0.263. The number of amides is 1. The third-order valence-corrected chi connectivity index (χ3v) is 9.45. The summed E-state index contributed by atoms with van der Waals surface area (Å²) in [5.74, 6) is -0.286. The number of thiophene rings is 1. The molecule has 3 aromatic rings. The summed E-state index contributed by atoms with van der Waals surface area (Å²) in [5, 5.41) is -0.302. The zero-order valence-electron chi connectivity index (χ0n) is 15.4. The van der Waals surface area contributed by atoms with E-state index in [9.17, 15) is 13.2 Å². The largest absolute Gasteiger partial charge is 0.340 e. The van der Waals surface area contributed by atoms with Gasteiger partial charge in [0.2, 0.25) is 0 Å². The molecule has 152 valence electrons. The van der Waals surface area contributed by atoms with Crippen LogP contribution in [0.3, 0.4) is 0 Å². The van der Waals surface area contributed by atoms with E-state index in [4.69, 9.17) is 11.6 Å². The maximum absolute atomic E-state index is 12.9. The van der Waals surface area contributed by atoms with Crippen molar-refractivity contribution in [2.75, 3.05) is 18.8 Å². The van der Waals surface area contributed by atoms with Gasteiger partial charge in [0.1, 0.15) is 5.25 Å². The van der Waals surface area contributed by atoms with Crippen LogP contribution in [0.5, 0.6) is 0 Å². The highest BCUT2D eigenvalue weighted by Crippen LogP contribution is 2.37. The average molecular weight is 515 g/mol. The van der Waals surface area contributed by atoms with Crippen molar-refractivity contribution in [1.82, 2.24) is 14.5 Å². The quantitative estimate of drug-likeness (QED) is 0.526. The minimum Gasteiger partial charge on any atom is -0.340 e. The van der Waals surface area contributed by atoms with Crippen molar-refractivity contribution in [2.24, 2.45) is 7.05 Å². The maximum Gasteiger partial charge on any atom is 0.253 e. The lowest BCUT2D eigenvalue weighted by atomic mass is 10.2. The van der Waals surface area contributed by atoms with Crippen LogP contribution in [-0.2, 0) is 16.9 Å². The van der Waals surface area contributed by atoms with Gasteiger partial charge in [0, 0.05) is 41.2 Å². The summed E-state index contributed by atoms with van der Waals surface area (Å²) in [6.45, 7) is 0.293. The lowest BCUT2D eigenvalue weighted by Crippen LogP contribution is -2.45. The normalized spacial score (nSPS) is 18.7. The Morgan fingerprint density at radius 3 is 2.79 bits per heavy atom. The Morgan fingerprint density at radius 1 is 1.31 bits per heavy atom. The number of rotatable bonds is 3. The van der Waals surface area contributed by atoms with Crippen LogP contribution >= 0.6 is 38.9 Å². The van der Waals surface area contributed by atoms with Crippen molar-refractivity contribution >= 4 is 54.6 Å². The topological polar surface area (TPSA) is 72.3 Å². The Kier molecular flexibility index (Phi) is 5.58. The van der Waals surface area contributed by atoms with Gasteiger partial charge in [-0.3, -0.25) is 4.79 Å². The molecular formula is C19H17BrClN3O3S2. The van der Waals surface area contributed by atoms with Crippen LogP contribution in [0, 0.1) is 0 Å². The first-order valence-electron chi connectivity index (χ1n) is 8.78. The molecule has 1 aliphatic heterocycles. The zero-order chi connectivity index (χ0) is 20.8. The highest BCUT2D eigenvalue weighted by Gasteiger charge is 2.37. The Hall–Kier alpha value is -1.68. The molecule has 0 spiro atoms. The van der Waals surface area contributed by atoms with E-state index in [0.717, 1.165) is 15.4 Å². The lowest BCUT2D eigenvalue weighted by Gasteiger charge is -2.32. The van der Waals surface area contributed by atoms with Crippen molar-refractivity contribution in [3.8, 4) is 10.6 Å². The molecule has 1 aliphatic rings. The summed E-state index contributed by atoms with van der Waals surface area (Å²) in [4.78, 5) is 20.5. The monoisotopic (exact) mass is 513 g/mol. The molecule has 1 atom stereocenters. The molecule has 10 heteroatoms. The van der Waals surface area contributed by atoms with Gasteiger partial charge in [-0.15, -0.1) is 11.3 Å². The molecule has 0 saturated carbocycles. The third kappa shape index (κ3) is 4.14. The van der Waals surface area contributed by atoms with E-state index in [1.807, 2.05) is 29.9 Å². The predicted molar refractivity (Wildman–Crippen MR) is 118 cm³/mol. The first-order chi connectivity index (χ1) is 13.7. The molecule has 2 aromatic heterocycles. The molecule has 0 aliphatic carbocycles. The SMILES string of the molecule is Cn1cnc(-c2ccc([C@@H]3CN(C(=O)c4ccc(Br)c(Cl)c4)CCS3(=O)=O)s2)c1. The van der Waals surface area contributed by atoms with E-state index in [-0.39, 0.29) is 24.7 Å². The molecule has 0 radical (unpaired) electrons. The Labute approximate surface area is 186 Å². The Bertz CT molecular complexity index is 1190. The van der Waals surface area contributed by atoms with Crippen LogP contribution in [0.15, 0.2) is 47.3 Å². The number of imidazole rings is 1. The number of carbonyl (C=O) groups excluding carboxylic acids is 1. The van der Waals surface area contributed by atoms with Gasteiger partial charge in [-0.1, -0.05) is 11.6 Å². The van der Waals surface area contributed by atoms with Crippen LogP contribution in [0.1, 0.15) is 20.5 Å². The smallest absolute Gasteiger partial charge is 0.253 e. The highest BCUT2D eigenvalue weighted by molar-refractivity contribution is 9.10. The Balaban J connectivity index is 1.60. The number of halogens is 2. The van der Waals surface area contributed by atoms with Crippen LogP contribution in [0.25, 0.3) is 10.6 Å². The second-order valence-electron chi connectivity index (χ2n) is 6.86. The van der Waals surface area contributed by atoms with Crippen molar-refractivity contribution in [3.63, 3.8) is 0 Å². The summed E-state index contributed by atoms with van der Waals surface area (Å²) in [5.41, 5.74) is 1.24. The second-order valence-corrected chi connectivity index (χ2v) is 11.5. The number of carbonyl (C=O) groups is 1. The van der Waals surface area contributed by atoms with E-state index in [1.165, 1.54) is 11.3 Å². The van der Waals surface area contributed by atoms with Gasteiger partial charge in [0.15, 0.2) is 9.84 Å². The molecule has 29 heavy (non-hydrogen) atoms. The van der Waals surface area contributed by atoms with Crippen LogP contribution in [-0.4, -0.2) is 47.6 Å². The molecule has 6 nitrogen and oxygen atoms in total. The summed E-state index contributed by atoms with van der Waals surface area (Å²) in [7, 11) is -1.46. The molecule has 1 amide bonds. The zero-order valence-corrected chi connectivity index (χ0v) is 19.4. The van der Waals surface area contributed by atoms with Gasteiger partial charge in [0.25, 0.3) is 5.91 Å². The fourth-order valence-corrected chi connectivity index (χ4v) is 6.80. The van der Waals surface area contributed by atoms with Gasteiger partial charge >= 0.3 is 0 Å². The van der Waals surface area contributed by atoms with E-state index in [1.54, 1.807) is 29.4 Å². The maximum atomic E-state index is 12.9. The first-order valence-corrected chi connectivity index (χ1v) is 12.5. The minimum atomic E-state index is -3.35. The summed E-state index contributed by atoms with van der Waals surface area (Å²) < 4.78 is 28.1. The second kappa shape index (κ2) is 7.86. The molecule has 1 saturated heterocycles. The molecule has 1 fully saturated rings. The molecule has 3 heterocycles. The van der Waals surface area contributed by atoms with E-state index < -0.39 is 15.1 Å². The van der Waals surface area contributed by atoms with Crippen molar-refractivity contribution < 1.29 is 13.2 Å². The van der Waals surface area contributed by atoms with Crippen LogP contribution < -0.4 is 0 Å².